The second kappa shape index (κ2) is 8.93. The Morgan fingerprint density at radius 3 is 2.76 bits per heavy atom. The molecule has 0 radical (unpaired) electrons. The SMILES string of the molecule is CCCOCc1nc(CC(NCC)c2ccccc2)cs1. The molecule has 1 N–H and O–H groups in total. The number of nitrogens with one attached hydrogen (secondary N) is 1. The fourth-order valence-corrected chi connectivity index (χ4v) is 3.00. The first-order valence-electron chi connectivity index (χ1n) is 7.62. The molecule has 1 atom stereocenters. The number of benzene rings is 1. The first-order chi connectivity index (χ1) is 10.3. The van der Waals surface area contributed by atoms with Gasteiger partial charge in [0, 0.05) is 24.4 Å². The molecule has 21 heavy (non-hydrogen) atoms. The van der Waals surface area contributed by atoms with Crippen molar-refractivity contribution in [1.82, 2.24) is 10.3 Å². The molecule has 2 rings (SSSR count). The first-order valence-corrected chi connectivity index (χ1v) is 8.50. The van der Waals surface area contributed by atoms with Gasteiger partial charge in [0.25, 0.3) is 0 Å². The minimum Gasteiger partial charge on any atom is -0.374 e. The van der Waals surface area contributed by atoms with Crippen LogP contribution in [0.4, 0.5) is 0 Å². The lowest BCUT2D eigenvalue weighted by molar-refractivity contribution is 0.121. The van der Waals surface area contributed by atoms with Crippen LogP contribution in [-0.4, -0.2) is 18.1 Å². The van der Waals surface area contributed by atoms with E-state index in [2.05, 4.69) is 59.9 Å². The summed E-state index contributed by atoms with van der Waals surface area (Å²) in [4.78, 5) is 4.68. The molecule has 0 saturated carbocycles. The van der Waals surface area contributed by atoms with E-state index in [1.54, 1.807) is 11.3 Å². The molecule has 1 unspecified atom stereocenters. The highest BCUT2D eigenvalue weighted by Crippen LogP contribution is 2.20. The molecule has 1 aromatic carbocycles. The number of aromatic nitrogens is 1. The summed E-state index contributed by atoms with van der Waals surface area (Å²) in [7, 11) is 0. The van der Waals surface area contributed by atoms with Crippen LogP contribution >= 0.6 is 11.3 Å². The molecule has 3 nitrogen and oxygen atoms in total. The third kappa shape index (κ3) is 5.23. The number of rotatable bonds is 9. The van der Waals surface area contributed by atoms with E-state index >= 15 is 0 Å². The maximum Gasteiger partial charge on any atom is 0.119 e. The number of ether oxygens (including phenoxy) is 1. The van der Waals surface area contributed by atoms with Gasteiger partial charge in [-0.05, 0) is 18.5 Å². The van der Waals surface area contributed by atoms with Gasteiger partial charge in [0.05, 0.1) is 12.3 Å². The van der Waals surface area contributed by atoms with Gasteiger partial charge in [0.1, 0.15) is 5.01 Å². The molecular weight excluding hydrogens is 280 g/mol. The second-order valence-corrected chi connectivity index (χ2v) is 5.95. The first kappa shape index (κ1) is 16.1. The van der Waals surface area contributed by atoms with E-state index in [-0.39, 0.29) is 0 Å². The van der Waals surface area contributed by atoms with Crippen LogP contribution in [-0.2, 0) is 17.8 Å². The lowest BCUT2D eigenvalue weighted by Gasteiger charge is -2.17. The molecule has 4 heteroatoms. The number of hydrogen-bond acceptors (Lipinski definition) is 4. The van der Waals surface area contributed by atoms with Crippen LogP contribution in [0.5, 0.6) is 0 Å². The fraction of sp³-hybridized carbons (Fsp3) is 0.471. The molecule has 0 saturated heterocycles. The molecule has 2 aromatic rings. The quantitative estimate of drug-likeness (QED) is 0.712. The highest BCUT2D eigenvalue weighted by Gasteiger charge is 2.13. The predicted octanol–water partition coefficient (Wildman–Crippen LogP) is 3.96. The van der Waals surface area contributed by atoms with Crippen molar-refractivity contribution >= 4 is 11.3 Å². The zero-order valence-corrected chi connectivity index (χ0v) is 13.7. The maximum atomic E-state index is 5.55. The number of thiazole rings is 1. The number of hydrogen-bond donors (Lipinski definition) is 1. The van der Waals surface area contributed by atoms with Crippen molar-refractivity contribution in [1.29, 1.82) is 0 Å². The number of likely N-dealkylation sites (N-methyl/N-ethyl adjacent to an activating group) is 1. The number of nitrogens with zero attached hydrogens (tertiary/aromatic N) is 1. The third-order valence-corrected chi connectivity index (χ3v) is 4.11. The fourth-order valence-electron chi connectivity index (χ4n) is 2.26. The summed E-state index contributed by atoms with van der Waals surface area (Å²) in [5.74, 6) is 0. The van der Waals surface area contributed by atoms with Gasteiger partial charge in [-0.1, -0.05) is 44.2 Å². The predicted molar refractivity (Wildman–Crippen MR) is 88.6 cm³/mol. The van der Waals surface area contributed by atoms with Crippen LogP contribution in [0.15, 0.2) is 35.7 Å². The standard InChI is InChI=1S/C17H24N2OS/c1-3-10-20-12-17-19-15(13-21-17)11-16(18-4-2)14-8-6-5-7-9-14/h5-9,13,16,18H,3-4,10-12H2,1-2H3. The van der Waals surface area contributed by atoms with Crippen molar-refractivity contribution in [2.24, 2.45) is 0 Å². The zero-order valence-electron chi connectivity index (χ0n) is 12.8. The summed E-state index contributed by atoms with van der Waals surface area (Å²) >= 11 is 1.69. The summed E-state index contributed by atoms with van der Waals surface area (Å²) in [6.07, 6.45) is 1.97. The van der Waals surface area contributed by atoms with E-state index in [9.17, 15) is 0 Å². The molecule has 0 amide bonds. The van der Waals surface area contributed by atoms with Gasteiger partial charge in [-0.2, -0.15) is 0 Å². The largest absolute Gasteiger partial charge is 0.374 e. The Balaban J connectivity index is 1.97. The normalized spacial score (nSPS) is 12.5. The Morgan fingerprint density at radius 2 is 2.05 bits per heavy atom. The Morgan fingerprint density at radius 1 is 1.24 bits per heavy atom. The van der Waals surface area contributed by atoms with Crippen molar-refractivity contribution in [3.05, 3.63) is 52.0 Å². The molecule has 114 valence electrons. The second-order valence-electron chi connectivity index (χ2n) is 5.01. The average molecular weight is 304 g/mol. The molecule has 1 aromatic heterocycles. The van der Waals surface area contributed by atoms with Gasteiger partial charge in [0.2, 0.25) is 0 Å². The van der Waals surface area contributed by atoms with E-state index in [0.29, 0.717) is 12.6 Å². The minimum atomic E-state index is 0.322. The van der Waals surface area contributed by atoms with Crippen molar-refractivity contribution in [2.45, 2.75) is 39.3 Å². The van der Waals surface area contributed by atoms with Crippen molar-refractivity contribution < 1.29 is 4.74 Å². The van der Waals surface area contributed by atoms with Gasteiger partial charge in [-0.3, -0.25) is 0 Å². The zero-order chi connectivity index (χ0) is 14.9. The third-order valence-electron chi connectivity index (χ3n) is 3.24. The molecule has 0 aliphatic rings. The summed E-state index contributed by atoms with van der Waals surface area (Å²) in [5.41, 5.74) is 2.46. The molecule has 0 spiro atoms. The Hall–Kier alpha value is -1.23. The van der Waals surface area contributed by atoms with Crippen molar-refractivity contribution in [2.75, 3.05) is 13.2 Å². The van der Waals surface area contributed by atoms with Crippen molar-refractivity contribution in [3.8, 4) is 0 Å². The highest BCUT2D eigenvalue weighted by atomic mass is 32.1. The van der Waals surface area contributed by atoms with Gasteiger partial charge < -0.3 is 10.1 Å². The molecule has 0 bridgehead atoms. The Bertz CT molecular complexity index is 513. The van der Waals surface area contributed by atoms with Crippen LogP contribution in [0.3, 0.4) is 0 Å². The lowest BCUT2D eigenvalue weighted by atomic mass is 10.0. The summed E-state index contributed by atoms with van der Waals surface area (Å²) < 4.78 is 5.55. The summed E-state index contributed by atoms with van der Waals surface area (Å²) in [6, 6.07) is 10.9. The molecular formula is C17H24N2OS. The lowest BCUT2D eigenvalue weighted by Crippen LogP contribution is -2.23. The topological polar surface area (TPSA) is 34.1 Å². The summed E-state index contributed by atoms with van der Waals surface area (Å²) in [6.45, 7) is 6.65. The van der Waals surface area contributed by atoms with E-state index in [1.165, 1.54) is 5.56 Å². The van der Waals surface area contributed by atoms with Crippen LogP contribution in [0, 0.1) is 0 Å². The van der Waals surface area contributed by atoms with Gasteiger partial charge in [-0.15, -0.1) is 11.3 Å². The van der Waals surface area contributed by atoms with E-state index in [0.717, 1.165) is 36.7 Å². The van der Waals surface area contributed by atoms with Crippen LogP contribution in [0.2, 0.25) is 0 Å². The van der Waals surface area contributed by atoms with Gasteiger partial charge >= 0.3 is 0 Å². The Kier molecular flexibility index (Phi) is 6.86. The highest BCUT2D eigenvalue weighted by molar-refractivity contribution is 7.09. The minimum absolute atomic E-state index is 0.322. The van der Waals surface area contributed by atoms with Crippen LogP contribution < -0.4 is 5.32 Å². The molecule has 1 heterocycles. The average Bonchev–Trinajstić information content (AvgIpc) is 2.96. The van der Waals surface area contributed by atoms with Crippen molar-refractivity contribution in [3.63, 3.8) is 0 Å². The summed E-state index contributed by atoms with van der Waals surface area (Å²) in [5, 5.41) is 6.76. The van der Waals surface area contributed by atoms with E-state index in [4.69, 9.17) is 4.74 Å². The van der Waals surface area contributed by atoms with Gasteiger partial charge in [-0.25, -0.2) is 4.98 Å². The van der Waals surface area contributed by atoms with Gasteiger partial charge in [0.15, 0.2) is 0 Å². The Labute approximate surface area is 131 Å². The molecule has 0 aliphatic carbocycles. The molecule has 0 aliphatic heterocycles. The van der Waals surface area contributed by atoms with E-state index in [1.807, 2.05) is 0 Å². The smallest absolute Gasteiger partial charge is 0.119 e. The monoisotopic (exact) mass is 304 g/mol. The van der Waals surface area contributed by atoms with Crippen LogP contribution in [0.1, 0.15) is 42.6 Å². The maximum absolute atomic E-state index is 5.55. The van der Waals surface area contributed by atoms with Crippen LogP contribution in [0.25, 0.3) is 0 Å². The van der Waals surface area contributed by atoms with E-state index < -0.39 is 0 Å². The molecule has 0 fully saturated rings.